The number of hydrogen-bond donors (Lipinski definition) is 0. The number of allylic oxidation sites excluding steroid dienone is 1. The summed E-state index contributed by atoms with van der Waals surface area (Å²) in [6.07, 6.45) is 3.93. The summed E-state index contributed by atoms with van der Waals surface area (Å²) in [5.41, 5.74) is 4.19. The largest absolute Gasteiger partial charge is 0.491 e. The van der Waals surface area contributed by atoms with Gasteiger partial charge in [0.2, 0.25) is 0 Å². The molecule has 0 bridgehead atoms. The number of carbonyl (C=O) groups is 1. The lowest BCUT2D eigenvalue weighted by Crippen LogP contribution is -2.39. The molecule has 0 aliphatic carbocycles. The predicted octanol–water partition coefficient (Wildman–Crippen LogP) is 6.90. The van der Waals surface area contributed by atoms with Gasteiger partial charge in [-0.05, 0) is 75.2 Å². The van der Waals surface area contributed by atoms with E-state index in [1.165, 1.54) is 11.3 Å². The third kappa shape index (κ3) is 6.10. The van der Waals surface area contributed by atoms with E-state index in [-0.39, 0.29) is 18.3 Å². The second-order valence-corrected chi connectivity index (χ2v) is 12.9. The average molecular weight is 661 g/mol. The van der Waals surface area contributed by atoms with E-state index in [1.807, 2.05) is 86.8 Å². The van der Waals surface area contributed by atoms with Gasteiger partial charge in [-0.1, -0.05) is 70.9 Å². The molecule has 5 aromatic rings. The number of carbonyl (C=O) groups excluding carboxylic acids is 1. The highest BCUT2D eigenvalue weighted by molar-refractivity contribution is 7.07. The highest BCUT2D eigenvalue weighted by Crippen LogP contribution is 2.32. The van der Waals surface area contributed by atoms with Gasteiger partial charge >= 0.3 is 5.97 Å². The van der Waals surface area contributed by atoms with E-state index in [0.29, 0.717) is 42.9 Å². The molecule has 0 radical (unpaired) electrons. The number of thiazole rings is 1. The number of halogens is 2. The number of hydrogen-bond acceptors (Lipinski definition) is 6. The van der Waals surface area contributed by atoms with Crippen LogP contribution in [-0.2, 0) is 16.1 Å². The molecule has 2 aromatic heterocycles. The van der Waals surface area contributed by atoms with E-state index in [4.69, 9.17) is 37.7 Å². The Balaban J connectivity index is 1.48. The number of nitrogens with zero attached hydrogens (tertiary/aromatic N) is 3. The van der Waals surface area contributed by atoms with E-state index in [9.17, 15) is 9.59 Å². The smallest absolute Gasteiger partial charge is 0.338 e. The van der Waals surface area contributed by atoms with Crippen LogP contribution in [0.3, 0.4) is 0 Å². The van der Waals surface area contributed by atoms with Crippen LogP contribution in [0.4, 0.5) is 0 Å². The Morgan fingerprint density at radius 1 is 1.09 bits per heavy atom. The molecule has 10 heteroatoms. The molecule has 0 fully saturated rings. The predicted molar refractivity (Wildman–Crippen MR) is 180 cm³/mol. The van der Waals surface area contributed by atoms with Gasteiger partial charge in [-0.2, -0.15) is 0 Å². The van der Waals surface area contributed by atoms with E-state index in [1.54, 1.807) is 24.5 Å². The Morgan fingerprint density at radius 3 is 2.56 bits per heavy atom. The topological polar surface area (TPSA) is 74.8 Å². The Bertz CT molecular complexity index is 2140. The normalized spacial score (nSPS) is 15.0. The maximum absolute atomic E-state index is 14.2. The number of ether oxygens (including phenoxy) is 2. The van der Waals surface area contributed by atoms with Crippen LogP contribution in [0, 0.1) is 0 Å². The summed E-state index contributed by atoms with van der Waals surface area (Å²) in [5.74, 6) is 0.209. The molecular weight excluding hydrogens is 629 g/mol. The maximum Gasteiger partial charge on any atom is 0.338 e. The van der Waals surface area contributed by atoms with Crippen LogP contribution < -0.4 is 19.6 Å². The second kappa shape index (κ2) is 12.7. The first-order chi connectivity index (χ1) is 21.6. The van der Waals surface area contributed by atoms with E-state index >= 15 is 0 Å². The summed E-state index contributed by atoms with van der Waals surface area (Å²) >= 11 is 13.9. The summed E-state index contributed by atoms with van der Waals surface area (Å²) < 4.78 is 15.5. The third-order valence-corrected chi connectivity index (χ3v) is 9.12. The molecule has 6 rings (SSSR count). The molecule has 3 heterocycles. The quantitative estimate of drug-likeness (QED) is 0.170. The Kier molecular flexibility index (Phi) is 8.73. The minimum Gasteiger partial charge on any atom is -0.491 e. The minimum absolute atomic E-state index is 0.0138. The van der Waals surface area contributed by atoms with E-state index < -0.39 is 12.0 Å². The summed E-state index contributed by atoms with van der Waals surface area (Å²) in [6.45, 7) is 8.20. The van der Waals surface area contributed by atoms with Crippen LogP contribution in [0.15, 0.2) is 94.0 Å². The van der Waals surface area contributed by atoms with Crippen LogP contribution in [0.2, 0.25) is 10.0 Å². The van der Waals surface area contributed by atoms with Crippen molar-refractivity contribution in [2.75, 3.05) is 6.61 Å². The van der Waals surface area contributed by atoms with Gasteiger partial charge in [0.1, 0.15) is 5.75 Å². The van der Waals surface area contributed by atoms with Gasteiger partial charge in [-0.3, -0.25) is 9.36 Å². The number of esters is 1. The van der Waals surface area contributed by atoms with Crippen molar-refractivity contribution in [2.24, 2.45) is 4.99 Å². The number of aromatic nitrogens is 2. The SMILES string of the molecule is CCOC(=O)C1=C(C)N=c2s/c(=C\c3cn(Cc4ccc(Cl)cc4Cl)c4ccccc34)c(=O)n2[C@H]1c1ccc(OC(C)C)cc1. The molecule has 0 N–H and O–H groups in total. The fourth-order valence-corrected chi connectivity index (χ4v) is 7.11. The van der Waals surface area contributed by atoms with Gasteiger partial charge in [-0.25, -0.2) is 9.79 Å². The summed E-state index contributed by atoms with van der Waals surface area (Å²) in [6, 6.07) is 20.3. The van der Waals surface area contributed by atoms with Crippen molar-refractivity contribution in [3.63, 3.8) is 0 Å². The fraction of sp³-hybridized carbons (Fsp3) is 0.229. The Hall–Kier alpha value is -4.11. The number of rotatable bonds is 8. The Labute approximate surface area is 274 Å². The summed E-state index contributed by atoms with van der Waals surface area (Å²) in [5, 5.41) is 2.16. The van der Waals surface area contributed by atoms with Gasteiger partial charge < -0.3 is 14.0 Å². The van der Waals surface area contributed by atoms with Crippen molar-refractivity contribution < 1.29 is 14.3 Å². The van der Waals surface area contributed by atoms with Gasteiger partial charge in [0, 0.05) is 39.3 Å². The lowest BCUT2D eigenvalue weighted by Gasteiger charge is -2.25. The fourth-order valence-electron chi connectivity index (χ4n) is 5.60. The lowest BCUT2D eigenvalue weighted by molar-refractivity contribution is -0.139. The molecule has 1 aliphatic heterocycles. The molecule has 0 saturated carbocycles. The molecule has 230 valence electrons. The molecule has 7 nitrogen and oxygen atoms in total. The third-order valence-electron chi connectivity index (χ3n) is 7.55. The Morgan fingerprint density at radius 2 is 1.84 bits per heavy atom. The molecule has 1 atom stereocenters. The summed E-state index contributed by atoms with van der Waals surface area (Å²) in [7, 11) is 0. The zero-order valence-electron chi connectivity index (χ0n) is 25.2. The second-order valence-electron chi connectivity index (χ2n) is 11.0. The van der Waals surface area contributed by atoms with Crippen LogP contribution in [0.1, 0.15) is 50.4 Å². The zero-order valence-corrected chi connectivity index (χ0v) is 27.5. The highest BCUT2D eigenvalue weighted by atomic mass is 35.5. The number of fused-ring (bicyclic) bond motifs is 2. The standard InChI is InChI=1S/C35H31Cl2N3O4S/c1-5-43-34(42)31-21(4)38-35-40(32(31)22-11-14-26(15-12-22)44-20(2)3)33(41)30(45-35)16-24-19-39(29-9-7-6-8-27(24)29)18-23-10-13-25(36)17-28(23)37/h6-17,19-20,32H,5,18H2,1-4H3/b30-16-/t32-/m0/s1. The van der Waals surface area contributed by atoms with Crippen molar-refractivity contribution in [3.8, 4) is 5.75 Å². The van der Waals surface area contributed by atoms with Gasteiger partial charge in [0.05, 0.1) is 34.6 Å². The van der Waals surface area contributed by atoms with Gasteiger partial charge in [0.25, 0.3) is 5.56 Å². The van der Waals surface area contributed by atoms with Gasteiger partial charge in [0.15, 0.2) is 4.80 Å². The first kappa shape index (κ1) is 30.9. The van der Waals surface area contributed by atoms with Crippen LogP contribution in [0.5, 0.6) is 5.75 Å². The molecule has 0 spiro atoms. The van der Waals surface area contributed by atoms with Crippen molar-refractivity contribution >= 4 is 57.5 Å². The van der Waals surface area contributed by atoms with E-state index in [0.717, 1.165) is 27.6 Å². The summed E-state index contributed by atoms with van der Waals surface area (Å²) in [4.78, 5) is 32.7. The average Bonchev–Trinajstić information content (AvgIpc) is 3.50. The first-order valence-electron chi connectivity index (χ1n) is 14.6. The van der Waals surface area contributed by atoms with Crippen LogP contribution in [0.25, 0.3) is 17.0 Å². The minimum atomic E-state index is -0.705. The molecular formula is C35H31Cl2N3O4S. The first-order valence-corrected chi connectivity index (χ1v) is 16.2. The zero-order chi connectivity index (χ0) is 31.8. The molecule has 45 heavy (non-hydrogen) atoms. The van der Waals surface area contributed by atoms with Crippen molar-refractivity contribution in [1.82, 2.24) is 9.13 Å². The lowest BCUT2D eigenvalue weighted by atomic mass is 9.96. The molecule has 0 saturated heterocycles. The molecule has 0 amide bonds. The van der Waals surface area contributed by atoms with Crippen molar-refractivity contribution in [1.29, 1.82) is 0 Å². The van der Waals surface area contributed by atoms with Crippen molar-refractivity contribution in [3.05, 3.63) is 131 Å². The van der Waals surface area contributed by atoms with Crippen molar-refractivity contribution in [2.45, 2.75) is 46.4 Å². The van der Waals surface area contributed by atoms with Gasteiger partial charge in [-0.15, -0.1) is 0 Å². The van der Waals surface area contributed by atoms with E-state index in [2.05, 4.69) is 4.57 Å². The maximum atomic E-state index is 14.2. The molecule has 1 aliphatic rings. The molecule has 0 unspecified atom stereocenters. The number of benzene rings is 3. The van der Waals surface area contributed by atoms with Crippen LogP contribution >= 0.6 is 34.5 Å². The van der Waals surface area contributed by atoms with Crippen LogP contribution in [-0.4, -0.2) is 27.8 Å². The monoisotopic (exact) mass is 659 g/mol. The number of para-hydroxylation sites is 1. The molecule has 3 aromatic carbocycles. The highest BCUT2D eigenvalue weighted by Gasteiger charge is 2.33.